The lowest BCUT2D eigenvalue weighted by Gasteiger charge is -2.12. The van der Waals surface area contributed by atoms with Gasteiger partial charge in [-0.3, -0.25) is 14.6 Å². The van der Waals surface area contributed by atoms with Gasteiger partial charge >= 0.3 is 0 Å². The summed E-state index contributed by atoms with van der Waals surface area (Å²) >= 11 is 7.09. The normalized spacial score (nSPS) is 12.5. The predicted molar refractivity (Wildman–Crippen MR) is 85.9 cm³/mol. The molecule has 0 aliphatic heterocycles. The fraction of sp³-hybridized carbons (Fsp3) is 0.286. The fourth-order valence-electron chi connectivity index (χ4n) is 2.13. The third-order valence-electron chi connectivity index (χ3n) is 3.26. The van der Waals surface area contributed by atoms with E-state index in [1.165, 1.54) is 4.88 Å². The molecule has 0 saturated carbocycles. The molecule has 0 aliphatic rings. The molecule has 21 heavy (non-hydrogen) atoms. The van der Waals surface area contributed by atoms with E-state index in [2.05, 4.69) is 34.0 Å². The van der Waals surface area contributed by atoms with E-state index < -0.39 is 0 Å². The number of aromatic amines is 1. The average Bonchev–Trinajstić information content (AvgIpc) is 3.14. The van der Waals surface area contributed by atoms with Crippen molar-refractivity contribution in [3.63, 3.8) is 0 Å². The van der Waals surface area contributed by atoms with E-state index in [1.54, 1.807) is 17.5 Å². The molecule has 0 bridgehead atoms. The Morgan fingerprint density at radius 1 is 1.38 bits per heavy atom. The third-order valence-corrected chi connectivity index (χ3v) is 4.86. The van der Waals surface area contributed by atoms with Crippen LogP contribution in [0.1, 0.15) is 29.8 Å². The van der Waals surface area contributed by atoms with E-state index in [-0.39, 0.29) is 6.04 Å². The zero-order valence-corrected chi connectivity index (χ0v) is 13.4. The summed E-state index contributed by atoms with van der Waals surface area (Å²) in [7, 11) is 0. The molecule has 108 valence electrons. The molecule has 0 amide bonds. The first-order valence-corrected chi connectivity index (χ1v) is 7.96. The lowest BCUT2D eigenvalue weighted by atomic mass is 10.3. The van der Waals surface area contributed by atoms with Gasteiger partial charge in [-0.1, -0.05) is 13.0 Å². The molecule has 1 N–H and O–H groups in total. The predicted octanol–water partition coefficient (Wildman–Crippen LogP) is 3.63. The van der Waals surface area contributed by atoms with Crippen molar-refractivity contribution in [1.29, 1.82) is 0 Å². The van der Waals surface area contributed by atoms with Gasteiger partial charge in [-0.05, 0) is 37.7 Å². The van der Waals surface area contributed by atoms with E-state index in [9.17, 15) is 0 Å². The maximum absolute atomic E-state index is 5.38. The molecule has 1 atom stereocenters. The fourth-order valence-corrected chi connectivity index (χ4v) is 3.32. The molecule has 1 unspecified atom stereocenters. The van der Waals surface area contributed by atoms with Gasteiger partial charge in [0.2, 0.25) is 0 Å². The lowest BCUT2D eigenvalue weighted by molar-refractivity contribution is 0.630. The van der Waals surface area contributed by atoms with E-state index in [1.807, 2.05) is 29.0 Å². The van der Waals surface area contributed by atoms with Crippen LogP contribution < -0.4 is 0 Å². The number of aromatic nitrogens is 5. The number of thiazole rings is 1. The van der Waals surface area contributed by atoms with Crippen LogP contribution in [0.4, 0.5) is 0 Å². The topological polar surface area (TPSA) is 59.4 Å². The Balaban J connectivity index is 2.06. The molecular weight excluding hydrogens is 302 g/mol. The van der Waals surface area contributed by atoms with Crippen LogP contribution in [0.2, 0.25) is 0 Å². The Morgan fingerprint density at radius 2 is 2.24 bits per heavy atom. The molecule has 3 heterocycles. The van der Waals surface area contributed by atoms with Crippen molar-refractivity contribution in [3.05, 3.63) is 45.2 Å². The number of nitrogens with one attached hydrogen (secondary N) is 1. The highest BCUT2D eigenvalue weighted by molar-refractivity contribution is 7.71. The monoisotopic (exact) mass is 317 g/mol. The van der Waals surface area contributed by atoms with Crippen LogP contribution >= 0.6 is 23.6 Å². The maximum atomic E-state index is 5.38. The van der Waals surface area contributed by atoms with Gasteiger partial charge < -0.3 is 0 Å². The molecule has 0 fully saturated rings. The SMILES string of the molecule is CCc1cnc(C(C)n2c(-c3ccccn3)n[nH]c2=S)s1. The standard InChI is InChI=1S/C14H15N5S2/c1-3-10-8-16-13(21-10)9(2)19-12(17-18-14(19)20)11-6-4-5-7-15-11/h4-9H,3H2,1-2H3,(H,18,20). The Hall–Kier alpha value is -1.86. The molecule has 3 aromatic heterocycles. The Morgan fingerprint density at radius 3 is 2.90 bits per heavy atom. The Labute approximate surface area is 131 Å². The second kappa shape index (κ2) is 5.87. The summed E-state index contributed by atoms with van der Waals surface area (Å²) in [5.41, 5.74) is 0.795. The minimum atomic E-state index is 0.0264. The Bertz CT molecular complexity index is 787. The first kappa shape index (κ1) is 14.1. The molecule has 3 aromatic rings. The number of H-pyrrole nitrogens is 1. The van der Waals surface area contributed by atoms with Crippen LogP contribution in [0.3, 0.4) is 0 Å². The van der Waals surface area contributed by atoms with Crippen LogP contribution in [0.25, 0.3) is 11.5 Å². The molecule has 0 saturated heterocycles. The second-order valence-corrected chi connectivity index (χ2v) is 6.17. The van der Waals surface area contributed by atoms with Crippen LogP contribution in [0.5, 0.6) is 0 Å². The molecule has 0 radical (unpaired) electrons. The van der Waals surface area contributed by atoms with Gasteiger partial charge in [-0.25, -0.2) is 4.98 Å². The van der Waals surface area contributed by atoms with Crippen LogP contribution in [0.15, 0.2) is 30.6 Å². The van der Waals surface area contributed by atoms with E-state index >= 15 is 0 Å². The number of pyridine rings is 1. The van der Waals surface area contributed by atoms with Crippen molar-refractivity contribution < 1.29 is 0 Å². The van der Waals surface area contributed by atoms with Crippen molar-refractivity contribution in [3.8, 4) is 11.5 Å². The highest BCUT2D eigenvalue weighted by Gasteiger charge is 2.19. The summed E-state index contributed by atoms with van der Waals surface area (Å²) < 4.78 is 2.55. The van der Waals surface area contributed by atoms with Gasteiger partial charge in [-0.2, -0.15) is 5.10 Å². The summed E-state index contributed by atoms with van der Waals surface area (Å²) in [5.74, 6) is 0.737. The van der Waals surface area contributed by atoms with Gasteiger partial charge in [0, 0.05) is 17.3 Å². The number of hydrogen-bond acceptors (Lipinski definition) is 5. The molecule has 0 aromatic carbocycles. The first-order valence-electron chi connectivity index (χ1n) is 6.73. The summed E-state index contributed by atoms with van der Waals surface area (Å²) in [6.45, 7) is 4.21. The summed E-state index contributed by atoms with van der Waals surface area (Å²) in [6.07, 6.45) is 4.68. The smallest absolute Gasteiger partial charge is 0.196 e. The van der Waals surface area contributed by atoms with E-state index in [4.69, 9.17) is 12.2 Å². The highest BCUT2D eigenvalue weighted by Crippen LogP contribution is 2.27. The minimum Gasteiger partial charge on any atom is -0.289 e. The largest absolute Gasteiger partial charge is 0.289 e. The second-order valence-electron chi connectivity index (χ2n) is 4.63. The van der Waals surface area contributed by atoms with Gasteiger partial charge in [0.05, 0.1) is 6.04 Å². The van der Waals surface area contributed by atoms with Gasteiger partial charge in [0.1, 0.15) is 10.7 Å². The van der Waals surface area contributed by atoms with Crippen molar-refractivity contribution >= 4 is 23.6 Å². The summed E-state index contributed by atoms with van der Waals surface area (Å²) in [6, 6.07) is 5.77. The van der Waals surface area contributed by atoms with Crippen molar-refractivity contribution in [1.82, 2.24) is 24.7 Å². The van der Waals surface area contributed by atoms with Crippen LogP contribution in [-0.4, -0.2) is 24.7 Å². The summed E-state index contributed by atoms with van der Waals surface area (Å²) in [5, 5.41) is 8.21. The minimum absolute atomic E-state index is 0.0264. The molecule has 3 rings (SSSR count). The number of nitrogens with zero attached hydrogens (tertiary/aromatic N) is 4. The van der Waals surface area contributed by atoms with Crippen molar-refractivity contribution in [2.24, 2.45) is 0 Å². The Kier molecular flexibility index (Phi) is 3.94. The number of rotatable bonds is 4. The van der Waals surface area contributed by atoms with E-state index in [0.29, 0.717) is 4.77 Å². The van der Waals surface area contributed by atoms with Crippen molar-refractivity contribution in [2.75, 3.05) is 0 Å². The first-order chi connectivity index (χ1) is 10.2. The average molecular weight is 317 g/mol. The zero-order chi connectivity index (χ0) is 14.8. The van der Waals surface area contributed by atoms with Gasteiger partial charge in [-0.15, -0.1) is 11.3 Å². The quantitative estimate of drug-likeness (QED) is 0.747. The van der Waals surface area contributed by atoms with Crippen LogP contribution in [0, 0.1) is 4.77 Å². The zero-order valence-electron chi connectivity index (χ0n) is 11.8. The molecular formula is C14H15N5S2. The number of aryl methyl sites for hydroxylation is 1. The van der Waals surface area contributed by atoms with Gasteiger partial charge in [0.15, 0.2) is 10.6 Å². The molecule has 0 aliphatic carbocycles. The summed E-state index contributed by atoms with van der Waals surface area (Å²) in [4.78, 5) is 10.1. The third kappa shape index (κ3) is 2.66. The van der Waals surface area contributed by atoms with E-state index in [0.717, 1.165) is 22.9 Å². The van der Waals surface area contributed by atoms with Crippen molar-refractivity contribution in [2.45, 2.75) is 26.3 Å². The lowest BCUT2D eigenvalue weighted by Crippen LogP contribution is -2.09. The molecule has 7 heteroatoms. The number of hydrogen-bond donors (Lipinski definition) is 1. The highest BCUT2D eigenvalue weighted by atomic mass is 32.1. The van der Waals surface area contributed by atoms with Crippen LogP contribution in [-0.2, 0) is 6.42 Å². The molecule has 0 spiro atoms. The molecule has 5 nitrogen and oxygen atoms in total. The maximum Gasteiger partial charge on any atom is 0.196 e. The van der Waals surface area contributed by atoms with Gasteiger partial charge in [0.25, 0.3) is 0 Å².